The third-order valence-electron chi connectivity index (χ3n) is 4.63. The zero-order valence-electron chi connectivity index (χ0n) is 12.6. The smallest absolute Gasteiger partial charge is 0.231 e. The Balaban J connectivity index is 1.57. The van der Waals surface area contributed by atoms with Gasteiger partial charge in [0.05, 0.1) is 0 Å². The van der Waals surface area contributed by atoms with Crippen molar-refractivity contribution in [3.8, 4) is 17.2 Å². The Morgan fingerprint density at radius 3 is 2.82 bits per heavy atom. The second-order valence-corrected chi connectivity index (χ2v) is 6.00. The molecule has 0 fully saturated rings. The van der Waals surface area contributed by atoms with Crippen LogP contribution in [0.4, 0.5) is 0 Å². The number of rotatable bonds is 3. The summed E-state index contributed by atoms with van der Waals surface area (Å²) < 4.78 is 10.7. The van der Waals surface area contributed by atoms with E-state index in [9.17, 15) is 5.11 Å². The van der Waals surface area contributed by atoms with Crippen molar-refractivity contribution in [1.29, 1.82) is 0 Å². The summed E-state index contributed by atoms with van der Waals surface area (Å²) in [7, 11) is 2.11. The first-order valence-corrected chi connectivity index (χ1v) is 7.62. The predicted molar refractivity (Wildman–Crippen MR) is 83.2 cm³/mol. The summed E-state index contributed by atoms with van der Waals surface area (Å²) >= 11 is 0. The Bertz CT molecular complexity index is 713. The highest BCUT2D eigenvalue weighted by Gasteiger charge is 2.26. The molecule has 0 amide bonds. The van der Waals surface area contributed by atoms with E-state index in [-0.39, 0.29) is 12.5 Å². The van der Waals surface area contributed by atoms with Gasteiger partial charge in [0.2, 0.25) is 6.79 Å². The molecule has 2 aromatic rings. The largest absolute Gasteiger partial charge is 0.507 e. The van der Waals surface area contributed by atoms with Gasteiger partial charge in [0, 0.05) is 24.2 Å². The van der Waals surface area contributed by atoms with E-state index in [1.165, 1.54) is 11.1 Å². The van der Waals surface area contributed by atoms with Gasteiger partial charge in [0.1, 0.15) is 5.75 Å². The maximum absolute atomic E-state index is 10.2. The van der Waals surface area contributed by atoms with Crippen LogP contribution >= 0.6 is 0 Å². The number of aryl methyl sites for hydroxylation is 1. The van der Waals surface area contributed by atoms with E-state index < -0.39 is 0 Å². The van der Waals surface area contributed by atoms with Crippen LogP contribution in [0, 0.1) is 0 Å². The van der Waals surface area contributed by atoms with Crippen molar-refractivity contribution < 1.29 is 14.6 Å². The van der Waals surface area contributed by atoms with Gasteiger partial charge in [-0.1, -0.05) is 24.3 Å². The number of nitrogens with zero attached hydrogens (tertiary/aromatic N) is 1. The first-order valence-electron chi connectivity index (χ1n) is 7.62. The Morgan fingerprint density at radius 2 is 1.95 bits per heavy atom. The van der Waals surface area contributed by atoms with E-state index in [4.69, 9.17) is 9.47 Å². The van der Waals surface area contributed by atoms with E-state index in [0.29, 0.717) is 24.1 Å². The van der Waals surface area contributed by atoms with Crippen LogP contribution < -0.4 is 9.47 Å². The third-order valence-corrected chi connectivity index (χ3v) is 4.63. The molecule has 114 valence electrons. The van der Waals surface area contributed by atoms with Gasteiger partial charge in [-0.3, -0.25) is 4.90 Å². The molecule has 0 saturated heterocycles. The Kier molecular flexibility index (Phi) is 3.19. The highest BCUT2D eigenvalue weighted by atomic mass is 16.7. The molecule has 2 aromatic carbocycles. The van der Waals surface area contributed by atoms with E-state index in [0.717, 1.165) is 18.4 Å². The number of hydrogen-bond donors (Lipinski definition) is 1. The van der Waals surface area contributed by atoms with Crippen molar-refractivity contribution in [1.82, 2.24) is 4.90 Å². The lowest BCUT2D eigenvalue weighted by Gasteiger charge is -2.25. The first-order chi connectivity index (χ1) is 10.7. The second-order valence-electron chi connectivity index (χ2n) is 6.00. The molecule has 0 spiro atoms. The summed E-state index contributed by atoms with van der Waals surface area (Å²) in [5.41, 5.74) is 3.72. The summed E-state index contributed by atoms with van der Waals surface area (Å²) in [4.78, 5) is 2.29. The van der Waals surface area contributed by atoms with Gasteiger partial charge >= 0.3 is 0 Å². The van der Waals surface area contributed by atoms with Crippen molar-refractivity contribution in [3.63, 3.8) is 0 Å². The number of fused-ring (bicyclic) bond motifs is 2. The lowest BCUT2D eigenvalue weighted by molar-refractivity contribution is 0.173. The van der Waals surface area contributed by atoms with E-state index in [2.05, 4.69) is 36.2 Å². The Morgan fingerprint density at radius 1 is 1.18 bits per heavy atom. The molecule has 0 saturated carbocycles. The fourth-order valence-corrected chi connectivity index (χ4v) is 3.47. The molecule has 1 atom stereocenters. The molecular formula is C18H19NO3. The van der Waals surface area contributed by atoms with Crippen molar-refractivity contribution >= 4 is 0 Å². The van der Waals surface area contributed by atoms with Crippen molar-refractivity contribution in [2.45, 2.75) is 25.4 Å². The van der Waals surface area contributed by atoms with E-state index >= 15 is 0 Å². The summed E-state index contributed by atoms with van der Waals surface area (Å²) in [6, 6.07) is 12.6. The maximum Gasteiger partial charge on any atom is 0.231 e. The standard InChI is InChI=1S/C18H19NO3/c1-19(15-7-6-12-4-2-3-5-14(12)15)10-13-8-17-18(9-16(13)20)22-11-21-17/h2-5,8-9,15,20H,6-7,10-11H2,1H3/t15-/m1/s1. The number of benzene rings is 2. The summed E-state index contributed by atoms with van der Waals surface area (Å²) in [5, 5.41) is 10.2. The number of ether oxygens (including phenoxy) is 2. The molecule has 1 aliphatic heterocycles. The maximum atomic E-state index is 10.2. The molecule has 4 nitrogen and oxygen atoms in total. The van der Waals surface area contributed by atoms with Crippen LogP contribution in [0.2, 0.25) is 0 Å². The van der Waals surface area contributed by atoms with Crippen LogP contribution in [0.25, 0.3) is 0 Å². The third kappa shape index (κ3) is 2.20. The van der Waals surface area contributed by atoms with Crippen molar-refractivity contribution in [3.05, 3.63) is 53.1 Å². The van der Waals surface area contributed by atoms with Crippen LogP contribution in [0.15, 0.2) is 36.4 Å². The summed E-state index contributed by atoms with van der Waals surface area (Å²) in [6.45, 7) is 0.908. The summed E-state index contributed by atoms with van der Waals surface area (Å²) in [6.07, 6.45) is 2.25. The lowest BCUT2D eigenvalue weighted by Crippen LogP contribution is -2.22. The molecule has 0 aromatic heterocycles. The fourth-order valence-electron chi connectivity index (χ4n) is 3.47. The molecule has 4 heteroatoms. The molecule has 4 rings (SSSR count). The molecule has 1 heterocycles. The van der Waals surface area contributed by atoms with Crippen LogP contribution in [0.5, 0.6) is 17.2 Å². The highest BCUT2D eigenvalue weighted by Crippen LogP contribution is 2.40. The van der Waals surface area contributed by atoms with Gasteiger partial charge in [-0.05, 0) is 37.1 Å². The van der Waals surface area contributed by atoms with Crippen LogP contribution in [-0.4, -0.2) is 23.8 Å². The average Bonchev–Trinajstić information content (AvgIpc) is 3.13. The van der Waals surface area contributed by atoms with Crippen LogP contribution in [-0.2, 0) is 13.0 Å². The normalized spacial score (nSPS) is 18.7. The number of phenolic OH excluding ortho intramolecular Hbond substituents is 1. The molecule has 1 N–H and O–H groups in total. The number of phenols is 1. The van der Waals surface area contributed by atoms with Crippen molar-refractivity contribution in [2.24, 2.45) is 0 Å². The minimum atomic E-state index is 0.226. The first kappa shape index (κ1) is 13.5. The van der Waals surface area contributed by atoms with Gasteiger partial charge in [0.25, 0.3) is 0 Å². The predicted octanol–water partition coefficient (Wildman–Crippen LogP) is 3.24. The van der Waals surface area contributed by atoms with Crippen LogP contribution in [0.1, 0.15) is 29.2 Å². The molecule has 2 aliphatic rings. The zero-order chi connectivity index (χ0) is 15.1. The van der Waals surface area contributed by atoms with Crippen molar-refractivity contribution in [2.75, 3.05) is 13.8 Å². The minimum absolute atomic E-state index is 0.226. The van der Waals surface area contributed by atoms with Gasteiger partial charge in [-0.25, -0.2) is 0 Å². The molecular weight excluding hydrogens is 278 g/mol. The molecule has 22 heavy (non-hydrogen) atoms. The molecule has 1 aliphatic carbocycles. The average molecular weight is 297 g/mol. The van der Waals surface area contributed by atoms with Gasteiger partial charge < -0.3 is 14.6 Å². The summed E-state index contributed by atoms with van der Waals surface area (Å²) in [5.74, 6) is 1.60. The minimum Gasteiger partial charge on any atom is -0.507 e. The van der Waals surface area contributed by atoms with Gasteiger partial charge in [-0.2, -0.15) is 0 Å². The van der Waals surface area contributed by atoms with Crippen LogP contribution in [0.3, 0.4) is 0 Å². The second kappa shape index (κ2) is 5.21. The van der Waals surface area contributed by atoms with E-state index in [1.54, 1.807) is 6.07 Å². The topological polar surface area (TPSA) is 41.9 Å². The van der Waals surface area contributed by atoms with Gasteiger partial charge in [0.15, 0.2) is 11.5 Å². The molecule has 0 radical (unpaired) electrons. The monoisotopic (exact) mass is 297 g/mol. The van der Waals surface area contributed by atoms with E-state index in [1.807, 2.05) is 6.07 Å². The SMILES string of the molecule is CN(Cc1cc2c(cc1O)OCO2)[C@@H]1CCc2ccccc21. The quantitative estimate of drug-likeness (QED) is 0.944. The fraction of sp³-hybridized carbons (Fsp3) is 0.333. The Labute approximate surface area is 129 Å². The highest BCUT2D eigenvalue weighted by molar-refractivity contribution is 5.51. The van der Waals surface area contributed by atoms with Gasteiger partial charge in [-0.15, -0.1) is 0 Å². The molecule has 0 bridgehead atoms. The lowest BCUT2D eigenvalue weighted by atomic mass is 10.1. The zero-order valence-corrected chi connectivity index (χ0v) is 12.6. The molecule has 0 unspecified atom stereocenters. The number of hydrogen-bond acceptors (Lipinski definition) is 4. The Hall–Kier alpha value is -2.20. The number of aromatic hydroxyl groups is 1.